The van der Waals surface area contributed by atoms with Gasteiger partial charge >= 0.3 is 0 Å². The van der Waals surface area contributed by atoms with Crippen molar-refractivity contribution in [2.45, 2.75) is 45.7 Å². The van der Waals surface area contributed by atoms with Gasteiger partial charge in [0.15, 0.2) is 28.8 Å². The van der Waals surface area contributed by atoms with Gasteiger partial charge in [0, 0.05) is 33.7 Å². The van der Waals surface area contributed by atoms with E-state index in [4.69, 9.17) is 14.2 Å². The summed E-state index contributed by atoms with van der Waals surface area (Å²) in [6.07, 6.45) is 3.90. The molecule has 0 amide bonds. The van der Waals surface area contributed by atoms with Crippen LogP contribution in [-0.2, 0) is 4.79 Å². The monoisotopic (exact) mass is 565 g/mol. The normalized spacial score (nSPS) is 21.7. The summed E-state index contributed by atoms with van der Waals surface area (Å²) in [6.45, 7) is 7.64. The number of fused-ring (bicyclic) bond motifs is 5. The van der Waals surface area contributed by atoms with Crippen LogP contribution in [0, 0.1) is 17.8 Å². The highest BCUT2D eigenvalue weighted by Crippen LogP contribution is 2.63. The molecule has 1 fully saturated rings. The number of ketones is 3. The van der Waals surface area contributed by atoms with Gasteiger partial charge in [0.1, 0.15) is 5.41 Å². The molecule has 0 saturated carbocycles. The predicted octanol–water partition coefficient (Wildman–Crippen LogP) is 6.07. The Morgan fingerprint density at radius 2 is 1.50 bits per heavy atom. The molecule has 1 saturated heterocycles. The number of nitrogens with zero attached hydrogens (tertiary/aromatic N) is 1. The Morgan fingerprint density at radius 3 is 2.07 bits per heavy atom. The molecule has 2 heterocycles. The first-order valence-corrected chi connectivity index (χ1v) is 14.1. The summed E-state index contributed by atoms with van der Waals surface area (Å²) in [5.41, 5.74) is 1.70. The fourth-order valence-electron chi connectivity index (χ4n) is 7.25. The van der Waals surface area contributed by atoms with E-state index in [1.165, 1.54) is 21.3 Å². The molecule has 3 aliphatic rings. The zero-order valence-electron chi connectivity index (χ0n) is 25.0. The molecule has 7 heteroatoms. The van der Waals surface area contributed by atoms with E-state index in [0.29, 0.717) is 33.9 Å². The number of aryl methyl sites for hydroxylation is 1. The second-order valence-corrected chi connectivity index (χ2v) is 12.3. The second kappa shape index (κ2) is 9.58. The van der Waals surface area contributed by atoms with Gasteiger partial charge in [0.2, 0.25) is 5.75 Å². The molecule has 7 nitrogen and oxygen atoms in total. The highest BCUT2D eigenvalue weighted by atomic mass is 16.5. The van der Waals surface area contributed by atoms with Gasteiger partial charge < -0.3 is 19.1 Å². The number of rotatable bonds is 5. The number of carbonyl (C=O) groups excluding carboxylic acids is 3. The van der Waals surface area contributed by atoms with E-state index in [-0.39, 0.29) is 17.3 Å². The zero-order chi connectivity index (χ0) is 30.1. The average molecular weight is 566 g/mol. The lowest BCUT2D eigenvalue weighted by Crippen LogP contribution is -2.49. The number of hydrogen-bond donors (Lipinski definition) is 0. The van der Waals surface area contributed by atoms with Crippen molar-refractivity contribution < 1.29 is 28.6 Å². The van der Waals surface area contributed by atoms with Gasteiger partial charge in [-0.25, -0.2) is 0 Å². The fraction of sp³-hybridized carbons (Fsp3) is 0.343. The van der Waals surface area contributed by atoms with Crippen LogP contribution in [0.4, 0.5) is 5.69 Å². The third-order valence-electron chi connectivity index (χ3n) is 9.04. The summed E-state index contributed by atoms with van der Waals surface area (Å²) in [7, 11) is 4.56. The van der Waals surface area contributed by atoms with Gasteiger partial charge in [-0.15, -0.1) is 0 Å². The number of benzene rings is 3. The Bertz CT molecular complexity index is 1640. The fourth-order valence-corrected chi connectivity index (χ4v) is 7.25. The van der Waals surface area contributed by atoms with Crippen LogP contribution in [0.2, 0.25) is 0 Å². The van der Waals surface area contributed by atoms with Crippen molar-refractivity contribution in [1.82, 2.24) is 0 Å². The molecule has 1 aliphatic carbocycles. The predicted molar refractivity (Wildman–Crippen MR) is 161 cm³/mol. The number of ether oxygens (including phenoxy) is 3. The second-order valence-electron chi connectivity index (χ2n) is 12.3. The molecule has 3 aromatic rings. The van der Waals surface area contributed by atoms with Crippen LogP contribution in [-0.4, -0.2) is 50.8 Å². The molecule has 42 heavy (non-hydrogen) atoms. The van der Waals surface area contributed by atoms with Gasteiger partial charge in [-0.05, 0) is 30.7 Å². The molecule has 1 spiro atoms. The van der Waals surface area contributed by atoms with Crippen molar-refractivity contribution >= 4 is 29.1 Å². The molecule has 0 aromatic heterocycles. The third kappa shape index (κ3) is 3.55. The maximum Gasteiger partial charge on any atom is 0.203 e. The number of methoxy groups -OCH3 is 3. The minimum Gasteiger partial charge on any atom is -0.493 e. The van der Waals surface area contributed by atoms with E-state index in [2.05, 4.69) is 6.07 Å². The van der Waals surface area contributed by atoms with Crippen LogP contribution in [0.25, 0.3) is 6.08 Å². The molecule has 216 valence electrons. The maximum atomic E-state index is 14.8. The van der Waals surface area contributed by atoms with E-state index in [1.807, 2.05) is 56.9 Å². The molecule has 0 N–H and O–H groups in total. The van der Waals surface area contributed by atoms with Gasteiger partial charge in [-0.2, -0.15) is 0 Å². The topological polar surface area (TPSA) is 82.1 Å². The van der Waals surface area contributed by atoms with Crippen LogP contribution in [0.3, 0.4) is 0 Å². The smallest absolute Gasteiger partial charge is 0.203 e. The summed E-state index contributed by atoms with van der Waals surface area (Å²) in [6, 6.07) is 15.0. The van der Waals surface area contributed by atoms with Crippen LogP contribution >= 0.6 is 0 Å². The molecular weight excluding hydrogens is 530 g/mol. The molecule has 3 aromatic carbocycles. The standard InChI is InChI=1S/C35H35NO6/c1-19-12-15-24-20(18-19)13-17-26-35(31(37)21-10-8-9-11-22(21)32(35)38)27(28(36(24)26)33(39)34(2,3)4)23-14-16-25(40-5)30(42-7)29(23)41-6/h8-18,26-28H,1-7H3/t26?,27-,28+/m0/s1. The van der Waals surface area contributed by atoms with E-state index < -0.39 is 28.8 Å². The molecule has 3 atom stereocenters. The first-order valence-electron chi connectivity index (χ1n) is 14.1. The molecular formula is C35H35NO6. The van der Waals surface area contributed by atoms with Crippen LogP contribution in [0.5, 0.6) is 17.2 Å². The van der Waals surface area contributed by atoms with Crippen molar-refractivity contribution in [3.05, 3.63) is 88.5 Å². The summed E-state index contributed by atoms with van der Waals surface area (Å²) < 4.78 is 17.3. The Kier molecular flexibility index (Phi) is 6.33. The lowest BCUT2D eigenvalue weighted by atomic mass is 9.63. The minimum atomic E-state index is -1.62. The Labute approximate surface area is 246 Å². The highest BCUT2D eigenvalue weighted by molar-refractivity contribution is 6.32. The van der Waals surface area contributed by atoms with Gasteiger partial charge in [-0.1, -0.05) is 74.9 Å². The molecule has 1 unspecified atom stereocenters. The van der Waals surface area contributed by atoms with E-state index in [1.54, 1.807) is 36.4 Å². The van der Waals surface area contributed by atoms with Crippen molar-refractivity contribution in [2.24, 2.45) is 10.8 Å². The van der Waals surface area contributed by atoms with E-state index in [0.717, 1.165) is 16.8 Å². The molecule has 0 bridgehead atoms. The SMILES string of the molecule is COc1ccc([C@H]2[C@H](C(=O)C(C)(C)C)N3c4ccc(C)cc4C=CC3C23C(=O)c2ccccc2C3=O)c(OC)c1OC. The van der Waals surface area contributed by atoms with Crippen molar-refractivity contribution in [2.75, 3.05) is 26.2 Å². The summed E-state index contributed by atoms with van der Waals surface area (Å²) >= 11 is 0. The van der Waals surface area contributed by atoms with Crippen molar-refractivity contribution in [3.8, 4) is 17.2 Å². The summed E-state index contributed by atoms with van der Waals surface area (Å²) in [5.74, 6) is -0.444. The summed E-state index contributed by atoms with van der Waals surface area (Å²) in [4.78, 5) is 46.4. The number of anilines is 1. The average Bonchev–Trinajstić information content (AvgIpc) is 3.40. The number of hydrogen-bond acceptors (Lipinski definition) is 7. The van der Waals surface area contributed by atoms with Crippen LogP contribution in [0.15, 0.2) is 60.7 Å². The third-order valence-corrected chi connectivity index (χ3v) is 9.04. The van der Waals surface area contributed by atoms with Crippen LogP contribution in [0.1, 0.15) is 64.1 Å². The molecule has 2 aliphatic heterocycles. The Hall–Kier alpha value is -4.39. The highest BCUT2D eigenvalue weighted by Gasteiger charge is 2.72. The zero-order valence-corrected chi connectivity index (χ0v) is 25.0. The van der Waals surface area contributed by atoms with Crippen LogP contribution < -0.4 is 19.1 Å². The Balaban J connectivity index is 1.75. The van der Waals surface area contributed by atoms with Gasteiger partial charge in [0.25, 0.3) is 0 Å². The van der Waals surface area contributed by atoms with E-state index >= 15 is 0 Å². The maximum absolute atomic E-state index is 14.8. The lowest BCUT2D eigenvalue weighted by Gasteiger charge is -2.38. The lowest BCUT2D eigenvalue weighted by molar-refractivity contribution is -0.127. The largest absolute Gasteiger partial charge is 0.493 e. The van der Waals surface area contributed by atoms with Crippen molar-refractivity contribution in [1.29, 1.82) is 0 Å². The van der Waals surface area contributed by atoms with Crippen molar-refractivity contribution in [3.63, 3.8) is 0 Å². The number of carbonyl (C=O) groups is 3. The minimum absolute atomic E-state index is 0.0791. The Morgan fingerprint density at radius 1 is 0.857 bits per heavy atom. The number of Topliss-reactive ketones (excluding diaryl/α,β-unsaturated/α-hetero) is 3. The first-order chi connectivity index (χ1) is 20.0. The molecule has 0 radical (unpaired) electrons. The van der Waals surface area contributed by atoms with Gasteiger partial charge in [0.05, 0.1) is 33.4 Å². The van der Waals surface area contributed by atoms with Gasteiger partial charge in [-0.3, -0.25) is 14.4 Å². The van der Waals surface area contributed by atoms with E-state index in [9.17, 15) is 14.4 Å². The first kappa shape index (κ1) is 27.8. The molecule has 6 rings (SSSR count). The quantitative estimate of drug-likeness (QED) is 0.347. The summed E-state index contributed by atoms with van der Waals surface area (Å²) in [5, 5.41) is 0.